The zero-order chi connectivity index (χ0) is 18.6. The lowest BCUT2D eigenvalue weighted by molar-refractivity contribution is 0.101. The third-order valence-corrected chi connectivity index (χ3v) is 5.00. The number of ketones is 1. The number of aromatic nitrogens is 5. The molecule has 7 nitrogen and oxygen atoms in total. The van der Waals surface area contributed by atoms with Crippen molar-refractivity contribution in [2.45, 2.75) is 25.4 Å². The number of hydrogen-bond acceptors (Lipinski definition) is 5. The second-order valence-corrected chi connectivity index (χ2v) is 7.02. The average Bonchev–Trinajstić information content (AvgIpc) is 3.08. The van der Waals surface area contributed by atoms with Crippen LogP contribution in [-0.2, 0) is 0 Å². The Hall–Kier alpha value is -3.29. The highest BCUT2D eigenvalue weighted by Crippen LogP contribution is 2.39. The highest BCUT2D eigenvalue weighted by Gasteiger charge is 2.43. The van der Waals surface area contributed by atoms with Crippen molar-refractivity contribution in [3.8, 4) is 11.1 Å². The maximum absolute atomic E-state index is 13.8. The van der Waals surface area contributed by atoms with Crippen LogP contribution in [0.3, 0.4) is 0 Å². The molecule has 0 atom stereocenters. The van der Waals surface area contributed by atoms with Gasteiger partial charge in [0.15, 0.2) is 5.78 Å². The Morgan fingerprint density at radius 2 is 2.26 bits per heavy atom. The first-order chi connectivity index (χ1) is 13.0. The molecule has 0 aliphatic heterocycles. The second-order valence-electron chi connectivity index (χ2n) is 7.02. The zero-order valence-electron chi connectivity index (χ0n) is 14.7. The van der Waals surface area contributed by atoms with Gasteiger partial charge < -0.3 is 10.3 Å². The Morgan fingerprint density at radius 1 is 1.41 bits per heavy atom. The van der Waals surface area contributed by atoms with Crippen LogP contribution in [0.15, 0.2) is 36.9 Å². The highest BCUT2D eigenvalue weighted by molar-refractivity contribution is 6.02. The SMILES string of the molecule is CC(=O)c1cnn2ccc(-c3c[nH]c4nc(NCC5(F)CC5)ncc34)cc12. The zero-order valence-corrected chi connectivity index (χ0v) is 14.7. The summed E-state index contributed by atoms with van der Waals surface area (Å²) in [4.78, 5) is 23.7. The molecular formula is C19H17FN6O. The molecule has 0 amide bonds. The molecule has 8 heteroatoms. The van der Waals surface area contributed by atoms with E-state index in [4.69, 9.17) is 0 Å². The molecule has 0 unspecified atom stereocenters. The number of hydrogen-bond donors (Lipinski definition) is 2. The monoisotopic (exact) mass is 364 g/mol. The number of H-pyrrole nitrogens is 1. The molecule has 2 N–H and O–H groups in total. The van der Waals surface area contributed by atoms with Gasteiger partial charge in [0.1, 0.15) is 11.3 Å². The van der Waals surface area contributed by atoms with Crippen molar-refractivity contribution in [2.24, 2.45) is 0 Å². The number of carbonyl (C=O) groups is 1. The van der Waals surface area contributed by atoms with Gasteiger partial charge in [-0.05, 0) is 37.5 Å². The molecule has 0 spiro atoms. The molecule has 0 aromatic carbocycles. The first-order valence-corrected chi connectivity index (χ1v) is 8.78. The van der Waals surface area contributed by atoms with Crippen LogP contribution in [0.1, 0.15) is 30.1 Å². The Balaban J connectivity index is 1.52. The number of halogens is 1. The predicted molar refractivity (Wildman–Crippen MR) is 99.6 cm³/mol. The van der Waals surface area contributed by atoms with Gasteiger partial charge in [0, 0.05) is 29.5 Å². The molecule has 4 aromatic heterocycles. The quantitative estimate of drug-likeness (QED) is 0.530. The van der Waals surface area contributed by atoms with Crippen molar-refractivity contribution in [2.75, 3.05) is 11.9 Å². The number of nitrogens with zero attached hydrogens (tertiary/aromatic N) is 4. The van der Waals surface area contributed by atoms with Crippen LogP contribution in [0.25, 0.3) is 27.7 Å². The Bertz CT molecular complexity index is 1190. The molecule has 136 valence electrons. The molecule has 0 radical (unpaired) electrons. The molecule has 1 saturated carbocycles. The molecule has 0 saturated heterocycles. The molecule has 1 aliphatic rings. The van der Waals surface area contributed by atoms with Crippen molar-refractivity contribution < 1.29 is 9.18 Å². The van der Waals surface area contributed by atoms with Crippen molar-refractivity contribution in [1.29, 1.82) is 0 Å². The summed E-state index contributed by atoms with van der Waals surface area (Å²) in [6.07, 6.45) is 8.16. The third kappa shape index (κ3) is 2.73. The summed E-state index contributed by atoms with van der Waals surface area (Å²) in [5.41, 5.74) is 2.77. The number of nitrogens with one attached hydrogen (secondary N) is 2. The molecule has 5 rings (SSSR count). The lowest BCUT2D eigenvalue weighted by atomic mass is 10.1. The van der Waals surface area contributed by atoms with Crippen LogP contribution in [-0.4, -0.2) is 42.6 Å². The fourth-order valence-corrected chi connectivity index (χ4v) is 3.20. The molecule has 0 bridgehead atoms. The van der Waals surface area contributed by atoms with Crippen molar-refractivity contribution >= 4 is 28.3 Å². The van der Waals surface area contributed by atoms with E-state index in [9.17, 15) is 9.18 Å². The van der Waals surface area contributed by atoms with Gasteiger partial charge in [0.05, 0.1) is 23.8 Å². The van der Waals surface area contributed by atoms with Gasteiger partial charge in [-0.2, -0.15) is 10.1 Å². The van der Waals surface area contributed by atoms with Gasteiger partial charge in [-0.25, -0.2) is 13.9 Å². The van der Waals surface area contributed by atoms with Crippen LogP contribution < -0.4 is 5.32 Å². The maximum atomic E-state index is 13.8. The van der Waals surface area contributed by atoms with E-state index in [1.54, 1.807) is 16.9 Å². The second kappa shape index (κ2) is 5.60. The number of alkyl halides is 1. The van der Waals surface area contributed by atoms with E-state index < -0.39 is 5.67 Å². The fourth-order valence-electron chi connectivity index (χ4n) is 3.20. The molecule has 1 aliphatic carbocycles. The number of pyridine rings is 1. The topological polar surface area (TPSA) is 88.0 Å². The summed E-state index contributed by atoms with van der Waals surface area (Å²) >= 11 is 0. The highest BCUT2D eigenvalue weighted by atomic mass is 19.1. The van der Waals surface area contributed by atoms with Crippen molar-refractivity contribution in [3.63, 3.8) is 0 Å². The summed E-state index contributed by atoms with van der Waals surface area (Å²) in [7, 11) is 0. The number of fused-ring (bicyclic) bond motifs is 2. The lowest BCUT2D eigenvalue weighted by Crippen LogP contribution is -2.17. The predicted octanol–water partition coefficient (Wildman–Crippen LogP) is 3.39. The largest absolute Gasteiger partial charge is 0.351 e. The minimum absolute atomic E-state index is 0.0265. The molecule has 4 heterocycles. The minimum atomic E-state index is -1.10. The molecular weight excluding hydrogens is 347 g/mol. The molecule has 27 heavy (non-hydrogen) atoms. The number of Topliss-reactive ketones (excluding diaryl/α,β-unsaturated/α-hetero) is 1. The van der Waals surface area contributed by atoms with Gasteiger partial charge in [-0.3, -0.25) is 4.79 Å². The smallest absolute Gasteiger partial charge is 0.224 e. The van der Waals surface area contributed by atoms with Gasteiger partial charge in [0.25, 0.3) is 0 Å². The molecule has 4 aromatic rings. The minimum Gasteiger partial charge on any atom is -0.351 e. The maximum Gasteiger partial charge on any atom is 0.224 e. The van der Waals surface area contributed by atoms with E-state index in [-0.39, 0.29) is 12.3 Å². The Kier molecular flexibility index (Phi) is 3.30. The number of anilines is 1. The van der Waals surface area contributed by atoms with E-state index >= 15 is 0 Å². The summed E-state index contributed by atoms with van der Waals surface area (Å²) in [6.45, 7) is 1.76. The standard InChI is InChI=1S/C19H17FN6O/c1-11(27)13-9-24-26-5-2-12(6-16(13)26)14-7-21-17-15(14)8-22-18(25-17)23-10-19(20)3-4-19/h2,5-9H,3-4,10H2,1H3,(H2,21,22,23,25). The van der Waals surface area contributed by atoms with Crippen LogP contribution in [0.2, 0.25) is 0 Å². The Morgan fingerprint density at radius 3 is 3.04 bits per heavy atom. The Labute approximate surface area is 153 Å². The fraction of sp³-hybridized carbons (Fsp3) is 0.263. The van der Waals surface area contributed by atoms with Crippen molar-refractivity contribution in [1.82, 2.24) is 24.6 Å². The first kappa shape index (κ1) is 15.9. The van der Waals surface area contributed by atoms with E-state index in [0.717, 1.165) is 22.0 Å². The van der Waals surface area contributed by atoms with E-state index in [1.165, 1.54) is 6.92 Å². The summed E-state index contributed by atoms with van der Waals surface area (Å²) in [5, 5.41) is 8.03. The third-order valence-electron chi connectivity index (χ3n) is 5.00. The van der Waals surface area contributed by atoms with Crippen molar-refractivity contribution in [3.05, 3.63) is 42.5 Å². The number of rotatable bonds is 5. The first-order valence-electron chi connectivity index (χ1n) is 8.78. The van der Waals surface area contributed by atoms with Crippen LogP contribution in [0.5, 0.6) is 0 Å². The number of aromatic amines is 1. The van der Waals surface area contributed by atoms with E-state index in [2.05, 4.69) is 25.4 Å². The lowest BCUT2D eigenvalue weighted by Gasteiger charge is -2.07. The molecule has 1 fully saturated rings. The number of carbonyl (C=O) groups excluding carboxylic acids is 1. The van der Waals surface area contributed by atoms with Crippen LogP contribution in [0.4, 0.5) is 10.3 Å². The van der Waals surface area contributed by atoms with Gasteiger partial charge in [-0.1, -0.05) is 0 Å². The average molecular weight is 364 g/mol. The van der Waals surface area contributed by atoms with E-state index in [1.807, 2.05) is 24.5 Å². The summed E-state index contributed by atoms with van der Waals surface area (Å²) < 4.78 is 15.4. The van der Waals surface area contributed by atoms with Gasteiger partial charge >= 0.3 is 0 Å². The van der Waals surface area contributed by atoms with E-state index in [0.29, 0.717) is 30.0 Å². The van der Waals surface area contributed by atoms with Gasteiger partial charge in [0.2, 0.25) is 5.95 Å². The summed E-state index contributed by atoms with van der Waals surface area (Å²) in [6, 6.07) is 3.86. The summed E-state index contributed by atoms with van der Waals surface area (Å²) in [5.74, 6) is 0.381. The van der Waals surface area contributed by atoms with Crippen LogP contribution >= 0.6 is 0 Å². The normalized spacial score (nSPS) is 15.3. The van der Waals surface area contributed by atoms with Gasteiger partial charge in [-0.15, -0.1) is 0 Å². The van der Waals surface area contributed by atoms with Crippen LogP contribution in [0, 0.1) is 0 Å².